The Hall–Kier alpha value is 0.382. The average Bonchev–Trinajstić information content (AvgIpc) is 2.28. The maximum absolute atomic E-state index is 11.1. The van der Waals surface area contributed by atoms with Crippen LogP contribution in [0.3, 0.4) is 0 Å². The predicted molar refractivity (Wildman–Crippen MR) is 35.7 cm³/mol. The quantitative estimate of drug-likeness (QED) is 0.253. The fraction of sp³-hybridized carbons (Fsp3) is 0.750. The molecule has 6 heteroatoms. The van der Waals surface area contributed by atoms with E-state index in [4.69, 9.17) is 0 Å². The van der Waals surface area contributed by atoms with E-state index in [1.165, 1.54) is 0 Å². The van der Waals surface area contributed by atoms with E-state index in [-0.39, 0.29) is 48.6 Å². The molecule has 3 unspecified atom stereocenters. The van der Waals surface area contributed by atoms with Gasteiger partial charge in [0.15, 0.2) is 0 Å². The van der Waals surface area contributed by atoms with E-state index in [1.807, 2.05) is 0 Å². The van der Waals surface area contributed by atoms with Crippen molar-refractivity contribution in [3.05, 3.63) is 0 Å². The number of rotatable bonds is 0. The van der Waals surface area contributed by atoms with Crippen molar-refractivity contribution in [3.8, 4) is 0 Å². The van der Waals surface area contributed by atoms with Gasteiger partial charge in [0, 0.05) is 0 Å². The third-order valence-corrected chi connectivity index (χ3v) is 3.38. The van der Waals surface area contributed by atoms with Crippen molar-refractivity contribution in [2.75, 3.05) is 0 Å². The van der Waals surface area contributed by atoms with Gasteiger partial charge in [0.1, 0.15) is 0 Å². The van der Waals surface area contributed by atoms with Gasteiger partial charge < -0.3 is 24.8 Å². The number of hydrogen-bond donors (Lipinski definition) is 0. The monoisotopic (exact) mass is 329 g/mol. The Morgan fingerprint density at radius 3 is 2.29 bits per heavy atom. The van der Waals surface area contributed by atoms with Crippen LogP contribution in [0.5, 0.6) is 0 Å². The van der Waals surface area contributed by atoms with Crippen LogP contribution in [0.1, 0.15) is 19.3 Å². The van der Waals surface area contributed by atoms with Crippen LogP contribution in [0.2, 0.25) is 4.39 Å². The molecule has 1 saturated heterocycles. The molecule has 2 aliphatic rings. The summed E-state index contributed by atoms with van der Waals surface area (Å²) in [6.07, 6.45) is 2.53. The zero-order valence-corrected chi connectivity index (χ0v) is 10.2. The number of hydrogen-bond acceptors (Lipinski definition) is 3. The number of cyclic esters (lactones) is 2. The number of ether oxygens (including phenoxy) is 1. The standard InChI is InChI=1S/C8H9O3.2ClH.Pd/c9-7-5-3-1-2-4-6(5)8(10)11-7;;;/h1,5-6H,2-4H2;2*1H;/q;;;+2/p-2. The number of halogens is 2. The molecule has 0 aromatic carbocycles. The summed E-state index contributed by atoms with van der Waals surface area (Å²) < 4.78 is 4.97. The molecular weight excluding hydrogens is 321 g/mol. The van der Waals surface area contributed by atoms with E-state index >= 15 is 0 Å². The second-order valence-electron chi connectivity index (χ2n) is 3.31. The minimum absolute atomic E-state index is 0. The first kappa shape index (κ1) is 14.4. The van der Waals surface area contributed by atoms with Crippen LogP contribution in [-0.4, -0.2) is 11.9 Å². The molecule has 3 nitrogen and oxygen atoms in total. The van der Waals surface area contributed by atoms with Gasteiger partial charge in [0.05, 0.1) is 0 Å². The predicted octanol–water partition coefficient (Wildman–Crippen LogP) is -5.17. The van der Waals surface area contributed by atoms with Crippen LogP contribution < -0.4 is 24.8 Å². The summed E-state index contributed by atoms with van der Waals surface area (Å²) in [6, 6.07) is 0. The minimum Gasteiger partial charge on any atom is -1.00 e. The smallest absolute Gasteiger partial charge is 1.00 e. The molecule has 14 heavy (non-hydrogen) atoms. The molecular formula is C8H9Cl2O3Pd. The maximum Gasteiger partial charge on any atom is -1.00 e. The summed E-state index contributed by atoms with van der Waals surface area (Å²) in [6.45, 7) is 0. The summed E-state index contributed by atoms with van der Waals surface area (Å²) in [4.78, 5) is 22.2. The molecule has 0 spiro atoms. The Bertz CT molecular complexity index is 247. The van der Waals surface area contributed by atoms with Crippen molar-refractivity contribution < 1.29 is 58.3 Å². The summed E-state index contributed by atoms with van der Waals surface area (Å²) in [5, 5.41) is 0. The van der Waals surface area contributed by atoms with E-state index in [0.717, 1.165) is 19.3 Å². The van der Waals surface area contributed by atoms with Crippen molar-refractivity contribution in [2.45, 2.75) is 23.7 Å². The fourth-order valence-corrected chi connectivity index (χ4v) is 2.54. The Labute approximate surface area is 106 Å². The van der Waals surface area contributed by atoms with E-state index < -0.39 is 0 Å². The number of carbonyl (C=O) groups excluding carboxylic acids is 2. The van der Waals surface area contributed by atoms with Gasteiger partial charge in [-0.05, 0) is 0 Å². The first-order valence-electron chi connectivity index (χ1n) is 4.04. The third-order valence-electron chi connectivity index (χ3n) is 2.56. The number of fused-ring (bicyclic) bond motifs is 1. The fourth-order valence-electron chi connectivity index (χ4n) is 1.89. The SMILES string of the molecule is O=C1OC(=O)C2C[CH]([Pd+2])CCC12.[Cl-].[Cl-]. The molecule has 1 heterocycles. The van der Waals surface area contributed by atoms with Crippen molar-refractivity contribution in [1.29, 1.82) is 0 Å². The maximum atomic E-state index is 11.1. The van der Waals surface area contributed by atoms with E-state index in [2.05, 4.69) is 23.9 Å². The van der Waals surface area contributed by atoms with Crippen molar-refractivity contribution in [2.24, 2.45) is 11.8 Å². The summed E-state index contributed by atoms with van der Waals surface area (Å²) in [5.41, 5.74) is 0. The molecule has 1 saturated carbocycles. The molecule has 83 valence electrons. The average molecular weight is 330 g/mol. The molecule has 1 aliphatic carbocycles. The van der Waals surface area contributed by atoms with E-state index in [9.17, 15) is 9.59 Å². The van der Waals surface area contributed by atoms with Crippen LogP contribution in [0.15, 0.2) is 0 Å². The van der Waals surface area contributed by atoms with Gasteiger partial charge in [0.2, 0.25) is 0 Å². The number of esters is 2. The molecule has 0 aromatic heterocycles. The van der Waals surface area contributed by atoms with Gasteiger partial charge in [-0.15, -0.1) is 0 Å². The van der Waals surface area contributed by atoms with Crippen molar-refractivity contribution in [3.63, 3.8) is 0 Å². The van der Waals surface area contributed by atoms with Gasteiger partial charge >= 0.3 is 81.0 Å². The Kier molecular flexibility index (Phi) is 5.61. The molecule has 2 rings (SSSR count). The van der Waals surface area contributed by atoms with E-state index in [1.54, 1.807) is 0 Å². The molecule has 0 N–H and O–H groups in total. The van der Waals surface area contributed by atoms with Gasteiger partial charge in [-0.25, -0.2) is 0 Å². The molecule has 0 aromatic rings. The van der Waals surface area contributed by atoms with Gasteiger partial charge in [0.25, 0.3) is 0 Å². The van der Waals surface area contributed by atoms with Crippen LogP contribution >= 0.6 is 0 Å². The third kappa shape index (κ3) is 2.49. The van der Waals surface area contributed by atoms with Gasteiger partial charge in [-0.2, -0.15) is 0 Å². The van der Waals surface area contributed by atoms with Crippen molar-refractivity contribution in [1.82, 2.24) is 0 Å². The molecule has 3 atom stereocenters. The van der Waals surface area contributed by atoms with Crippen LogP contribution in [-0.2, 0) is 33.5 Å². The Balaban J connectivity index is 0.000000845. The first-order chi connectivity index (χ1) is 5.68. The van der Waals surface area contributed by atoms with Crippen molar-refractivity contribution >= 4 is 11.9 Å². The summed E-state index contributed by atoms with van der Waals surface area (Å²) in [7, 11) is 0. The normalized spacial score (nSPS) is 35.1. The first-order valence-corrected chi connectivity index (χ1v) is 4.94. The topological polar surface area (TPSA) is 43.4 Å². The molecule has 1 aliphatic heterocycles. The molecule has 0 amide bonds. The zero-order valence-electron chi connectivity index (χ0n) is 7.15. The van der Waals surface area contributed by atoms with Gasteiger partial charge in [-0.3, -0.25) is 0 Å². The zero-order chi connectivity index (χ0) is 8.72. The van der Waals surface area contributed by atoms with Crippen LogP contribution in [0.25, 0.3) is 0 Å². The largest absolute Gasteiger partial charge is 1.00 e. The van der Waals surface area contributed by atoms with E-state index in [0.29, 0.717) is 4.39 Å². The summed E-state index contributed by atoms with van der Waals surface area (Å²) in [5.74, 6) is -0.932. The number of carbonyl (C=O) groups is 2. The molecule has 2 fully saturated rings. The molecule has 0 bridgehead atoms. The minimum atomic E-state index is -0.319. The second kappa shape index (κ2) is 5.46. The Morgan fingerprint density at radius 1 is 1.07 bits per heavy atom. The van der Waals surface area contributed by atoms with Gasteiger partial charge in [-0.1, -0.05) is 0 Å². The van der Waals surface area contributed by atoms with Crippen LogP contribution in [0.4, 0.5) is 0 Å². The van der Waals surface area contributed by atoms with Crippen LogP contribution in [0, 0.1) is 11.8 Å². The Morgan fingerprint density at radius 2 is 1.64 bits per heavy atom. The second-order valence-corrected chi connectivity index (χ2v) is 4.58. The molecule has 0 radical (unpaired) electrons. The summed E-state index contributed by atoms with van der Waals surface area (Å²) >= 11 is 3.19.